The van der Waals surface area contributed by atoms with Gasteiger partial charge in [-0.2, -0.15) is 5.26 Å². The zero-order chi connectivity index (χ0) is 22.7. The molecule has 1 fully saturated rings. The molecule has 0 atom stereocenters. The summed E-state index contributed by atoms with van der Waals surface area (Å²) in [4.78, 5) is 8.56. The molecule has 1 aliphatic carbocycles. The van der Waals surface area contributed by atoms with Gasteiger partial charge in [-0.1, -0.05) is 11.6 Å². The van der Waals surface area contributed by atoms with E-state index >= 15 is 0 Å². The predicted molar refractivity (Wildman–Crippen MR) is 119 cm³/mol. The fourth-order valence-electron chi connectivity index (χ4n) is 2.81. The number of nitrogens with one attached hydrogen (secondary N) is 1. The Hall–Kier alpha value is -3.19. The van der Waals surface area contributed by atoms with Gasteiger partial charge in [-0.05, 0) is 37.1 Å². The maximum absolute atomic E-state index is 11.2. The number of aromatic nitrogens is 2. The lowest BCUT2D eigenvalue weighted by Gasteiger charge is -2.12. The summed E-state index contributed by atoms with van der Waals surface area (Å²) in [6.07, 6.45) is 6.25. The Balaban J connectivity index is 1.45. The van der Waals surface area contributed by atoms with Crippen molar-refractivity contribution in [3.05, 3.63) is 65.1 Å². The van der Waals surface area contributed by atoms with E-state index in [-0.39, 0.29) is 12.6 Å². The van der Waals surface area contributed by atoms with E-state index in [9.17, 15) is 13.7 Å². The minimum Gasteiger partial charge on any atom is -0.487 e. The molecule has 1 aliphatic rings. The van der Waals surface area contributed by atoms with Crippen molar-refractivity contribution in [2.24, 2.45) is 0 Å². The molecule has 10 heteroatoms. The molecule has 0 bridgehead atoms. The van der Waals surface area contributed by atoms with Crippen molar-refractivity contribution < 1.29 is 17.9 Å². The van der Waals surface area contributed by atoms with Crippen LogP contribution in [0.4, 0.5) is 0 Å². The number of rotatable bonds is 8. The molecule has 0 amide bonds. The van der Waals surface area contributed by atoms with Gasteiger partial charge in [-0.25, -0.2) is 13.1 Å². The molecule has 0 spiro atoms. The molecule has 1 heterocycles. The first-order valence-corrected chi connectivity index (χ1v) is 12.0. The zero-order valence-electron chi connectivity index (χ0n) is 17.1. The smallest absolute Gasteiger partial charge is 0.209 e. The summed E-state index contributed by atoms with van der Waals surface area (Å²) in [5.41, 5.74) is 2.29. The number of hydrogen-bond donors (Lipinski definition) is 1. The molecule has 8 nitrogen and oxygen atoms in total. The lowest BCUT2D eigenvalue weighted by molar-refractivity contribution is 0.302. The highest BCUT2D eigenvalue weighted by Crippen LogP contribution is 2.38. The molecule has 1 N–H and O–H groups in total. The maximum atomic E-state index is 11.2. The van der Waals surface area contributed by atoms with E-state index in [0.29, 0.717) is 39.2 Å². The topological polar surface area (TPSA) is 114 Å². The van der Waals surface area contributed by atoms with Gasteiger partial charge in [0.2, 0.25) is 10.0 Å². The van der Waals surface area contributed by atoms with Gasteiger partial charge in [0.1, 0.15) is 17.6 Å². The molecular formula is C22H19ClN4O4S. The molecule has 1 aromatic heterocycles. The van der Waals surface area contributed by atoms with E-state index < -0.39 is 10.0 Å². The van der Waals surface area contributed by atoms with Crippen LogP contribution in [0.15, 0.2) is 48.8 Å². The van der Waals surface area contributed by atoms with Crippen LogP contribution in [0.5, 0.6) is 17.2 Å². The molecule has 1 saturated carbocycles. The minimum atomic E-state index is -3.29. The minimum absolute atomic E-state index is 0.0800. The number of nitriles is 1. The number of sulfonamides is 1. The van der Waals surface area contributed by atoms with Crippen LogP contribution in [0.2, 0.25) is 5.02 Å². The van der Waals surface area contributed by atoms with Crippen LogP contribution in [-0.4, -0.2) is 30.7 Å². The second-order valence-corrected chi connectivity index (χ2v) is 9.56. The summed E-state index contributed by atoms with van der Waals surface area (Å²) in [6.45, 7) is 0.0800. The summed E-state index contributed by atoms with van der Waals surface area (Å²) < 4.78 is 36.3. The van der Waals surface area contributed by atoms with Crippen molar-refractivity contribution in [1.82, 2.24) is 14.7 Å². The predicted octanol–water partition coefficient (Wildman–Crippen LogP) is 4.05. The Bertz CT molecular complexity index is 1270. The van der Waals surface area contributed by atoms with Crippen molar-refractivity contribution >= 4 is 21.6 Å². The Morgan fingerprint density at radius 1 is 1.16 bits per heavy atom. The summed E-state index contributed by atoms with van der Waals surface area (Å²) in [5.74, 6) is 1.39. The van der Waals surface area contributed by atoms with E-state index in [1.807, 2.05) is 12.1 Å². The first kappa shape index (κ1) is 22.0. The molecule has 0 unspecified atom stereocenters. The first-order valence-electron chi connectivity index (χ1n) is 9.75. The van der Waals surface area contributed by atoms with Crippen LogP contribution in [0, 0.1) is 11.3 Å². The van der Waals surface area contributed by atoms with Crippen LogP contribution < -0.4 is 14.2 Å². The number of benzene rings is 2. The standard InChI is InChI=1S/C22H19ClN4O4S/c1-32(28,29)27-12-16-11-26-21(13-25-16)14-2-4-17(5-3-14)30-19-8-15(10-24)22(20(23)9-19)31-18-6-7-18/h2-5,8-9,11,13,18,27H,6-7,12H2,1H3. The van der Waals surface area contributed by atoms with Gasteiger partial charge in [0.15, 0.2) is 5.75 Å². The molecule has 0 saturated heterocycles. The van der Waals surface area contributed by atoms with Gasteiger partial charge in [0, 0.05) is 17.7 Å². The Labute approximate surface area is 190 Å². The second kappa shape index (κ2) is 9.12. The zero-order valence-corrected chi connectivity index (χ0v) is 18.7. The molecule has 3 aromatic rings. The van der Waals surface area contributed by atoms with Crippen molar-refractivity contribution in [3.8, 4) is 34.6 Å². The van der Waals surface area contributed by atoms with Gasteiger partial charge in [0.05, 0.1) is 53.3 Å². The quantitative estimate of drug-likeness (QED) is 0.528. The lowest BCUT2D eigenvalue weighted by atomic mass is 10.1. The Kier molecular flexibility index (Phi) is 6.28. The van der Waals surface area contributed by atoms with Crippen molar-refractivity contribution in [2.75, 3.05) is 6.26 Å². The summed E-state index contributed by atoms with van der Waals surface area (Å²) in [7, 11) is -3.29. The fraction of sp³-hybridized carbons (Fsp3) is 0.227. The SMILES string of the molecule is CS(=O)(=O)NCc1cnc(-c2ccc(Oc3cc(Cl)c(OC4CC4)c(C#N)c3)cc2)cn1. The van der Waals surface area contributed by atoms with E-state index in [1.165, 1.54) is 6.20 Å². The van der Waals surface area contributed by atoms with E-state index in [1.54, 1.807) is 30.5 Å². The van der Waals surface area contributed by atoms with Gasteiger partial charge in [0.25, 0.3) is 0 Å². The second-order valence-electron chi connectivity index (χ2n) is 7.32. The third kappa shape index (κ3) is 5.73. The molecular weight excluding hydrogens is 452 g/mol. The molecule has 0 radical (unpaired) electrons. The van der Waals surface area contributed by atoms with Crippen molar-refractivity contribution in [1.29, 1.82) is 5.26 Å². The van der Waals surface area contributed by atoms with Gasteiger partial charge in [-0.15, -0.1) is 0 Å². The van der Waals surface area contributed by atoms with Crippen molar-refractivity contribution in [2.45, 2.75) is 25.5 Å². The van der Waals surface area contributed by atoms with Crippen LogP contribution in [-0.2, 0) is 16.6 Å². The number of halogens is 1. The average molecular weight is 471 g/mol. The summed E-state index contributed by atoms with van der Waals surface area (Å²) in [5, 5.41) is 9.77. The summed E-state index contributed by atoms with van der Waals surface area (Å²) in [6, 6.07) is 12.5. The third-order valence-electron chi connectivity index (χ3n) is 4.55. The number of nitrogens with zero attached hydrogens (tertiary/aromatic N) is 3. The maximum Gasteiger partial charge on any atom is 0.209 e. The Morgan fingerprint density at radius 3 is 2.50 bits per heavy atom. The third-order valence-corrected chi connectivity index (χ3v) is 5.50. The van der Waals surface area contributed by atoms with Crippen LogP contribution >= 0.6 is 11.6 Å². The van der Waals surface area contributed by atoms with Crippen LogP contribution in [0.25, 0.3) is 11.3 Å². The van der Waals surface area contributed by atoms with Crippen LogP contribution in [0.1, 0.15) is 24.1 Å². The van der Waals surface area contributed by atoms with E-state index in [0.717, 1.165) is 24.7 Å². The Morgan fingerprint density at radius 2 is 1.91 bits per heavy atom. The van der Waals surface area contributed by atoms with E-state index in [2.05, 4.69) is 20.8 Å². The average Bonchev–Trinajstić information content (AvgIpc) is 3.59. The van der Waals surface area contributed by atoms with Crippen molar-refractivity contribution in [3.63, 3.8) is 0 Å². The number of hydrogen-bond acceptors (Lipinski definition) is 7. The molecule has 0 aliphatic heterocycles. The molecule has 2 aromatic carbocycles. The first-order chi connectivity index (χ1) is 15.3. The van der Waals surface area contributed by atoms with Gasteiger partial charge in [-0.3, -0.25) is 9.97 Å². The lowest BCUT2D eigenvalue weighted by Crippen LogP contribution is -2.21. The monoisotopic (exact) mass is 470 g/mol. The number of ether oxygens (including phenoxy) is 2. The fourth-order valence-corrected chi connectivity index (χ4v) is 3.48. The molecule has 32 heavy (non-hydrogen) atoms. The molecule has 4 rings (SSSR count). The van der Waals surface area contributed by atoms with E-state index in [4.69, 9.17) is 21.1 Å². The highest BCUT2D eigenvalue weighted by atomic mass is 35.5. The normalized spacial score (nSPS) is 13.4. The van der Waals surface area contributed by atoms with Crippen LogP contribution in [0.3, 0.4) is 0 Å². The van der Waals surface area contributed by atoms with Gasteiger partial charge < -0.3 is 9.47 Å². The van der Waals surface area contributed by atoms with Gasteiger partial charge >= 0.3 is 0 Å². The largest absolute Gasteiger partial charge is 0.487 e. The molecule has 164 valence electrons. The highest BCUT2D eigenvalue weighted by molar-refractivity contribution is 7.88. The summed E-state index contributed by atoms with van der Waals surface area (Å²) >= 11 is 6.31. The highest BCUT2D eigenvalue weighted by Gasteiger charge is 2.26.